The lowest BCUT2D eigenvalue weighted by Gasteiger charge is -2.25. The summed E-state index contributed by atoms with van der Waals surface area (Å²) in [6.07, 6.45) is -0.0651. The number of primary amides is 1. The maximum absolute atomic E-state index is 13.6. The molecule has 0 aliphatic heterocycles. The highest BCUT2D eigenvalue weighted by Gasteiger charge is 2.30. The average Bonchev–Trinajstić information content (AvgIpc) is 2.96. The molecule has 0 aliphatic carbocycles. The fraction of sp³-hybridized carbons (Fsp3) is 0.312. The Hall–Kier alpha value is -4.66. The van der Waals surface area contributed by atoms with Crippen molar-refractivity contribution in [3.8, 4) is 0 Å². The minimum Gasteiger partial charge on any atom is -0.445 e. The number of benzene rings is 3. The first-order chi connectivity index (χ1) is 19.7. The van der Waals surface area contributed by atoms with Gasteiger partial charge in [-0.25, -0.2) is 4.79 Å². The van der Waals surface area contributed by atoms with Gasteiger partial charge in [0, 0.05) is 12.8 Å². The predicted octanol–water partition coefficient (Wildman–Crippen LogP) is 3.27. The van der Waals surface area contributed by atoms with Gasteiger partial charge in [-0.1, -0.05) is 105 Å². The molecule has 216 valence electrons. The predicted molar refractivity (Wildman–Crippen MR) is 156 cm³/mol. The molecule has 0 bridgehead atoms. The summed E-state index contributed by atoms with van der Waals surface area (Å²) in [6, 6.07) is 24.6. The largest absolute Gasteiger partial charge is 0.445 e. The van der Waals surface area contributed by atoms with Gasteiger partial charge in [0.05, 0.1) is 0 Å². The van der Waals surface area contributed by atoms with Gasteiger partial charge >= 0.3 is 6.09 Å². The van der Waals surface area contributed by atoms with Gasteiger partial charge in [-0.3, -0.25) is 14.4 Å². The Balaban J connectivity index is 1.78. The first kappa shape index (κ1) is 30.9. The van der Waals surface area contributed by atoms with Crippen LogP contribution in [0.2, 0.25) is 0 Å². The fourth-order valence-corrected chi connectivity index (χ4v) is 4.29. The maximum Gasteiger partial charge on any atom is 0.408 e. The van der Waals surface area contributed by atoms with E-state index in [9.17, 15) is 19.2 Å². The highest BCUT2D eigenvalue weighted by Crippen LogP contribution is 2.10. The summed E-state index contributed by atoms with van der Waals surface area (Å²) in [6.45, 7) is 3.87. The summed E-state index contributed by atoms with van der Waals surface area (Å²) in [5.41, 5.74) is 7.97. The molecule has 0 spiro atoms. The fourth-order valence-electron chi connectivity index (χ4n) is 4.29. The minimum absolute atomic E-state index is 0.0374. The summed E-state index contributed by atoms with van der Waals surface area (Å²) in [5, 5.41) is 8.14. The van der Waals surface area contributed by atoms with Crippen LogP contribution in [0.4, 0.5) is 4.79 Å². The third-order valence-electron chi connectivity index (χ3n) is 6.39. The van der Waals surface area contributed by atoms with Crippen LogP contribution in [-0.2, 0) is 38.6 Å². The van der Waals surface area contributed by atoms with Crippen LogP contribution in [0.5, 0.6) is 0 Å². The van der Waals surface area contributed by atoms with Crippen molar-refractivity contribution in [2.24, 2.45) is 11.7 Å². The van der Waals surface area contributed by atoms with Crippen LogP contribution in [0.25, 0.3) is 0 Å². The number of amides is 4. The van der Waals surface area contributed by atoms with Crippen LogP contribution in [0.1, 0.15) is 37.0 Å². The normalized spacial score (nSPS) is 13.0. The van der Waals surface area contributed by atoms with Crippen molar-refractivity contribution in [3.63, 3.8) is 0 Å². The number of rotatable bonds is 14. The zero-order chi connectivity index (χ0) is 29.6. The van der Waals surface area contributed by atoms with E-state index < -0.39 is 41.9 Å². The Morgan fingerprint density at radius 2 is 1.05 bits per heavy atom. The third kappa shape index (κ3) is 10.8. The second-order valence-corrected chi connectivity index (χ2v) is 10.3. The van der Waals surface area contributed by atoms with Crippen molar-refractivity contribution in [1.29, 1.82) is 0 Å². The molecule has 0 radical (unpaired) electrons. The smallest absolute Gasteiger partial charge is 0.408 e. The first-order valence-corrected chi connectivity index (χ1v) is 13.7. The Morgan fingerprint density at radius 3 is 1.49 bits per heavy atom. The molecule has 0 saturated heterocycles. The number of ether oxygens (including phenoxy) is 1. The van der Waals surface area contributed by atoms with Gasteiger partial charge in [0.2, 0.25) is 17.7 Å². The van der Waals surface area contributed by atoms with Crippen LogP contribution in [0, 0.1) is 5.92 Å². The molecule has 4 amide bonds. The van der Waals surface area contributed by atoms with Crippen molar-refractivity contribution in [1.82, 2.24) is 16.0 Å². The van der Waals surface area contributed by atoms with Crippen LogP contribution in [0.3, 0.4) is 0 Å². The Morgan fingerprint density at radius 1 is 0.634 bits per heavy atom. The monoisotopic (exact) mass is 558 g/mol. The molecular formula is C32H38N4O5. The van der Waals surface area contributed by atoms with E-state index in [2.05, 4.69) is 16.0 Å². The zero-order valence-corrected chi connectivity index (χ0v) is 23.4. The van der Waals surface area contributed by atoms with E-state index in [0.717, 1.165) is 16.7 Å². The molecule has 3 atom stereocenters. The molecule has 0 aromatic heterocycles. The van der Waals surface area contributed by atoms with Gasteiger partial charge in [-0.15, -0.1) is 0 Å². The highest BCUT2D eigenvalue weighted by molar-refractivity contribution is 5.93. The van der Waals surface area contributed by atoms with E-state index in [1.54, 1.807) is 0 Å². The van der Waals surface area contributed by atoms with Gasteiger partial charge in [-0.05, 0) is 29.0 Å². The molecule has 3 aromatic carbocycles. The Kier molecular flexibility index (Phi) is 11.9. The van der Waals surface area contributed by atoms with E-state index in [4.69, 9.17) is 10.5 Å². The van der Waals surface area contributed by atoms with Crippen molar-refractivity contribution in [2.75, 3.05) is 0 Å². The van der Waals surface area contributed by atoms with E-state index in [-0.39, 0.29) is 25.4 Å². The third-order valence-corrected chi connectivity index (χ3v) is 6.39. The van der Waals surface area contributed by atoms with Crippen molar-refractivity contribution >= 4 is 23.8 Å². The number of nitrogens with two attached hydrogens (primary N) is 1. The van der Waals surface area contributed by atoms with E-state index in [0.29, 0.717) is 6.42 Å². The van der Waals surface area contributed by atoms with Gasteiger partial charge in [0.1, 0.15) is 24.7 Å². The van der Waals surface area contributed by atoms with Crippen LogP contribution < -0.4 is 21.7 Å². The summed E-state index contributed by atoms with van der Waals surface area (Å²) in [5.74, 6) is -1.66. The molecule has 0 unspecified atom stereocenters. The van der Waals surface area contributed by atoms with Crippen molar-refractivity contribution < 1.29 is 23.9 Å². The lowest BCUT2D eigenvalue weighted by molar-refractivity contribution is -0.132. The molecule has 41 heavy (non-hydrogen) atoms. The minimum atomic E-state index is -1.03. The topological polar surface area (TPSA) is 140 Å². The second-order valence-electron chi connectivity index (χ2n) is 10.3. The number of nitrogens with one attached hydrogen (secondary N) is 3. The number of hydrogen-bond donors (Lipinski definition) is 4. The summed E-state index contributed by atoms with van der Waals surface area (Å²) in [7, 11) is 0. The summed E-state index contributed by atoms with van der Waals surface area (Å²) in [4.78, 5) is 51.7. The Bertz CT molecular complexity index is 1270. The van der Waals surface area contributed by atoms with Crippen LogP contribution >= 0.6 is 0 Å². The lowest BCUT2D eigenvalue weighted by atomic mass is 10.0. The van der Waals surface area contributed by atoms with E-state index in [1.807, 2.05) is 105 Å². The molecule has 3 rings (SSSR count). The molecular weight excluding hydrogens is 520 g/mol. The molecule has 0 heterocycles. The first-order valence-electron chi connectivity index (χ1n) is 13.7. The molecule has 5 N–H and O–H groups in total. The molecule has 0 saturated carbocycles. The number of carbonyl (C=O) groups is 4. The highest BCUT2D eigenvalue weighted by atomic mass is 16.5. The molecule has 3 aromatic rings. The molecule has 9 heteroatoms. The van der Waals surface area contributed by atoms with Crippen LogP contribution in [0.15, 0.2) is 91.0 Å². The number of carbonyl (C=O) groups excluding carboxylic acids is 4. The molecule has 0 fully saturated rings. The van der Waals surface area contributed by atoms with Gasteiger partial charge in [0.15, 0.2) is 0 Å². The lowest BCUT2D eigenvalue weighted by Crippen LogP contribution is -2.57. The van der Waals surface area contributed by atoms with Gasteiger partial charge < -0.3 is 26.4 Å². The standard InChI is InChI=1S/C32H38N4O5/c1-22(2)18-26(29(33)37)34-30(38)27(19-23-12-6-3-7-13-23)35-31(39)28(20-24-14-8-4-9-15-24)36-32(40)41-21-25-16-10-5-11-17-25/h3-17,22,26-28H,18-21H2,1-2H3,(H2,33,37)(H,34,38)(H,35,39)(H,36,40)/t26-,27-,28-/m0/s1. The molecule has 9 nitrogen and oxygen atoms in total. The van der Waals surface area contributed by atoms with Crippen molar-refractivity contribution in [3.05, 3.63) is 108 Å². The van der Waals surface area contributed by atoms with Crippen molar-refractivity contribution in [2.45, 2.75) is 57.8 Å². The van der Waals surface area contributed by atoms with Gasteiger partial charge in [-0.2, -0.15) is 0 Å². The number of hydrogen-bond acceptors (Lipinski definition) is 5. The zero-order valence-electron chi connectivity index (χ0n) is 23.4. The second kappa shape index (κ2) is 15.8. The number of alkyl carbamates (subject to hydrolysis) is 1. The van der Waals surface area contributed by atoms with Crippen LogP contribution in [-0.4, -0.2) is 41.9 Å². The maximum atomic E-state index is 13.6. The molecule has 0 aliphatic rings. The SMILES string of the molecule is CC(C)C[C@H](NC(=O)[C@H](Cc1ccccc1)NC(=O)[C@H](Cc1ccccc1)NC(=O)OCc1ccccc1)C(N)=O. The Labute approximate surface area is 240 Å². The average molecular weight is 559 g/mol. The summed E-state index contributed by atoms with van der Waals surface area (Å²) >= 11 is 0. The van der Waals surface area contributed by atoms with Gasteiger partial charge in [0.25, 0.3) is 0 Å². The van der Waals surface area contributed by atoms with E-state index >= 15 is 0 Å². The van der Waals surface area contributed by atoms with E-state index in [1.165, 1.54) is 0 Å². The quantitative estimate of drug-likeness (QED) is 0.241. The summed E-state index contributed by atoms with van der Waals surface area (Å²) < 4.78 is 5.35.